The van der Waals surface area contributed by atoms with Gasteiger partial charge in [0.15, 0.2) is 23.3 Å². The molecule has 0 saturated heterocycles. The van der Waals surface area contributed by atoms with Crippen LogP contribution in [0.3, 0.4) is 0 Å². The highest BCUT2D eigenvalue weighted by Crippen LogP contribution is 2.45. The number of H-pyrrole nitrogens is 2. The highest BCUT2D eigenvalue weighted by Gasteiger charge is 2.30. The van der Waals surface area contributed by atoms with E-state index in [9.17, 15) is 0 Å². The number of nitrogens with zero attached hydrogens (tertiary/aromatic N) is 6. The molecular weight excluding hydrogens is 1070 g/mol. The van der Waals surface area contributed by atoms with Gasteiger partial charge in [-0.2, -0.15) is 0 Å². The molecule has 8 bridgehead atoms. The van der Waals surface area contributed by atoms with Gasteiger partial charge in [-0.3, -0.25) is 0 Å². The fraction of sp³-hybridized carbons (Fsp3) is 0.600. The van der Waals surface area contributed by atoms with Gasteiger partial charge in [0.1, 0.15) is 22.6 Å². The molecule has 7 aromatic rings. The Hall–Kier alpha value is -5.76. The van der Waals surface area contributed by atoms with E-state index in [1.165, 1.54) is 242 Å². The lowest BCUT2D eigenvalue weighted by atomic mass is 9.91. The predicted octanol–water partition coefficient (Wildman–Crippen LogP) is 23.9. The Labute approximate surface area is 532 Å². The van der Waals surface area contributed by atoms with Crippen LogP contribution >= 0.6 is 0 Å². The molecule has 0 radical (unpaired) electrons. The van der Waals surface area contributed by atoms with E-state index in [4.69, 9.17) is 29.9 Å². The summed E-state index contributed by atoms with van der Waals surface area (Å²) in [5.41, 5.74) is 18.9. The fourth-order valence-corrected chi connectivity index (χ4v) is 14.4. The quantitative estimate of drug-likeness (QED) is 0.0370. The molecule has 2 aliphatic heterocycles. The van der Waals surface area contributed by atoms with Crippen LogP contribution in [0.1, 0.15) is 305 Å². The Morgan fingerprint density at radius 1 is 0.205 bits per heavy atom. The van der Waals surface area contributed by atoms with E-state index >= 15 is 0 Å². The van der Waals surface area contributed by atoms with Crippen molar-refractivity contribution in [1.82, 2.24) is 39.9 Å². The van der Waals surface area contributed by atoms with Crippen molar-refractivity contribution in [3.8, 4) is 45.6 Å². The molecule has 0 amide bonds. The van der Waals surface area contributed by atoms with E-state index in [2.05, 4.69) is 114 Å². The summed E-state index contributed by atoms with van der Waals surface area (Å²) in [6.07, 6.45) is 46.2. The Morgan fingerprint density at radius 3 is 0.557 bits per heavy atom. The number of rotatable bonds is 40. The summed E-state index contributed by atoms with van der Waals surface area (Å²) in [6, 6.07) is 19.6. The average molecular weight is 1190 g/mol. The van der Waals surface area contributed by atoms with Gasteiger partial charge in [0.25, 0.3) is 0 Å². The van der Waals surface area contributed by atoms with Gasteiger partial charge in [0, 0.05) is 43.8 Å². The molecule has 3 aromatic heterocycles. The predicted molar refractivity (Wildman–Crippen MR) is 379 cm³/mol. The van der Waals surface area contributed by atoms with Gasteiger partial charge in [-0.05, 0) is 147 Å². The second-order valence-electron chi connectivity index (χ2n) is 26.6. The summed E-state index contributed by atoms with van der Waals surface area (Å²) in [6.45, 7) is 18.5. The number of hydrogen-bond acceptors (Lipinski definition) is 6. The molecule has 2 aliphatic rings. The Kier molecular flexibility index (Phi) is 26.5. The van der Waals surface area contributed by atoms with E-state index in [1.807, 2.05) is 0 Å². The van der Waals surface area contributed by atoms with Crippen LogP contribution in [0.5, 0.6) is 0 Å². The third-order valence-electron chi connectivity index (χ3n) is 19.5. The average Bonchev–Trinajstić information content (AvgIpc) is 1.83. The van der Waals surface area contributed by atoms with Gasteiger partial charge in [0.05, 0.1) is 0 Å². The van der Waals surface area contributed by atoms with Crippen molar-refractivity contribution < 1.29 is 0 Å². The maximum Gasteiger partial charge on any atom is 0.165 e. The fourth-order valence-electron chi connectivity index (χ4n) is 14.4. The molecule has 9 rings (SSSR count). The summed E-state index contributed by atoms with van der Waals surface area (Å²) in [7, 11) is 0. The Balaban J connectivity index is 1.48. The molecule has 0 unspecified atom stereocenters. The van der Waals surface area contributed by atoms with E-state index in [-0.39, 0.29) is 0 Å². The minimum absolute atomic E-state index is 0.778. The second-order valence-corrected chi connectivity index (χ2v) is 26.6. The largest absolute Gasteiger partial charge is 0.324 e. The van der Waals surface area contributed by atoms with Crippen molar-refractivity contribution in [1.29, 1.82) is 0 Å². The van der Waals surface area contributed by atoms with Gasteiger partial charge < -0.3 is 9.97 Å². The van der Waals surface area contributed by atoms with E-state index in [0.717, 1.165) is 149 Å². The third-order valence-corrected chi connectivity index (χ3v) is 19.5. The van der Waals surface area contributed by atoms with Crippen LogP contribution in [0.4, 0.5) is 0 Å². The van der Waals surface area contributed by atoms with Crippen molar-refractivity contribution >= 4 is 44.1 Å². The van der Waals surface area contributed by atoms with E-state index in [0.29, 0.717) is 0 Å². The van der Waals surface area contributed by atoms with Crippen molar-refractivity contribution in [3.63, 3.8) is 0 Å². The smallest absolute Gasteiger partial charge is 0.165 e. The highest BCUT2D eigenvalue weighted by atomic mass is 15.1. The first-order valence-corrected chi connectivity index (χ1v) is 36.8. The number of aromatic amines is 2. The van der Waals surface area contributed by atoms with Crippen LogP contribution in [-0.2, 0) is 51.4 Å². The Bertz CT molecular complexity index is 3060. The lowest BCUT2D eigenvalue weighted by Gasteiger charge is -2.13. The van der Waals surface area contributed by atoms with Crippen LogP contribution in [0.15, 0.2) is 48.5 Å². The number of fused-ring (bicyclic) bond motifs is 20. The summed E-state index contributed by atoms with van der Waals surface area (Å²) in [5, 5.41) is 4.83. The molecule has 0 aliphatic carbocycles. The molecule has 8 heteroatoms. The SMILES string of the molecule is CCCCCCc1ccc(CCCCCC)c2c1-c1nc-2nc2[nH]c(nc3nc(nc4[nH]c(n1)c1c(CCCCCC)ccc(CCCCCC)c41)-c1c(CCCCCC)ccc(CCCCCC)c1-3)c1c(CCCCCC)ccc(CCCCCC)c21. The molecule has 8 nitrogen and oxygen atoms in total. The zero-order valence-electron chi connectivity index (χ0n) is 56.6. The topological polar surface area (TPSA) is 109 Å². The van der Waals surface area contributed by atoms with E-state index < -0.39 is 0 Å². The number of unbranched alkanes of at least 4 members (excludes halogenated alkanes) is 24. The maximum absolute atomic E-state index is 6.00. The van der Waals surface area contributed by atoms with Crippen LogP contribution in [0.25, 0.3) is 89.7 Å². The van der Waals surface area contributed by atoms with Crippen molar-refractivity contribution in [2.75, 3.05) is 0 Å². The molecule has 5 heterocycles. The highest BCUT2D eigenvalue weighted by molar-refractivity contribution is 6.10. The first-order valence-electron chi connectivity index (χ1n) is 36.8. The van der Waals surface area contributed by atoms with E-state index in [1.54, 1.807) is 0 Å². The Morgan fingerprint density at radius 2 is 0.375 bits per heavy atom. The third kappa shape index (κ3) is 16.6. The van der Waals surface area contributed by atoms with Crippen LogP contribution < -0.4 is 0 Å². The number of benzene rings is 4. The molecule has 0 atom stereocenters. The second kappa shape index (κ2) is 35.0. The summed E-state index contributed by atoms with van der Waals surface area (Å²) in [4.78, 5) is 43.9. The van der Waals surface area contributed by atoms with Crippen LogP contribution in [0.2, 0.25) is 0 Å². The molecule has 88 heavy (non-hydrogen) atoms. The molecule has 0 fully saturated rings. The lowest BCUT2D eigenvalue weighted by Crippen LogP contribution is -1.98. The normalized spacial score (nSPS) is 12.1. The number of nitrogens with one attached hydrogen (secondary N) is 2. The van der Waals surface area contributed by atoms with Gasteiger partial charge >= 0.3 is 0 Å². The van der Waals surface area contributed by atoms with Crippen LogP contribution in [0, 0.1) is 0 Å². The maximum atomic E-state index is 6.00. The first kappa shape index (κ1) is 66.7. The number of aryl methyl sites for hydroxylation is 8. The first-order chi connectivity index (χ1) is 43.4. The number of hydrogen-bond donors (Lipinski definition) is 2. The van der Waals surface area contributed by atoms with Gasteiger partial charge in [-0.1, -0.05) is 258 Å². The van der Waals surface area contributed by atoms with Crippen molar-refractivity contribution in [2.24, 2.45) is 0 Å². The molecule has 4 aromatic carbocycles. The van der Waals surface area contributed by atoms with Gasteiger partial charge in [0.2, 0.25) is 0 Å². The zero-order valence-corrected chi connectivity index (χ0v) is 56.6. The lowest BCUT2D eigenvalue weighted by molar-refractivity contribution is 0.664. The number of aromatic nitrogens is 8. The molecule has 2 N–H and O–H groups in total. The zero-order chi connectivity index (χ0) is 61.5. The van der Waals surface area contributed by atoms with Crippen molar-refractivity contribution in [3.05, 3.63) is 93.0 Å². The molecule has 0 saturated carbocycles. The monoisotopic (exact) mass is 1190 g/mol. The summed E-state index contributed by atoms with van der Waals surface area (Å²) < 4.78 is 0. The minimum atomic E-state index is 0.778. The standard InChI is InChI=1S/C80H114N8/c1-9-17-25-33-41-57-49-50-58(42-34-26-18-10-2)66-65(57)73-81-74(66)86-76-69-61(45-37-29-21-13-5)53-54-62(46-38-30-22-14-6)70(69)78(83-76)88-80-72-64(48-40-32-24-16-8)56-55-63(47-39-31-23-15-7)71(72)79(84-80)87-77-68-60(44-36-28-20-12-4)52-51-59(43-35-27-19-11-3)67(68)75(82-77)85-73/h49-56H,9-48H2,1-8H3,(H2,81,82,83,84,85,86,87,88). The molecule has 474 valence electrons. The van der Waals surface area contributed by atoms with Crippen LogP contribution in [-0.4, -0.2) is 39.9 Å². The van der Waals surface area contributed by atoms with Crippen molar-refractivity contribution in [2.45, 2.75) is 312 Å². The summed E-state index contributed by atoms with van der Waals surface area (Å²) >= 11 is 0. The van der Waals surface area contributed by atoms with Gasteiger partial charge in [-0.15, -0.1) is 0 Å². The van der Waals surface area contributed by atoms with Gasteiger partial charge in [-0.25, -0.2) is 29.9 Å². The summed E-state index contributed by atoms with van der Waals surface area (Å²) in [5.74, 6) is 3.11. The molecular formula is C80H114N8. The minimum Gasteiger partial charge on any atom is -0.324 e. The molecule has 0 spiro atoms.